The van der Waals surface area contributed by atoms with Crippen LogP contribution in [0.25, 0.3) is 6.08 Å². The molecule has 29 heavy (non-hydrogen) atoms. The van der Waals surface area contributed by atoms with Crippen molar-refractivity contribution in [3.8, 4) is 0 Å². The summed E-state index contributed by atoms with van der Waals surface area (Å²) in [5.74, 6) is -0.922. The van der Waals surface area contributed by atoms with Gasteiger partial charge in [-0.1, -0.05) is 36.4 Å². The van der Waals surface area contributed by atoms with Crippen molar-refractivity contribution in [1.82, 2.24) is 10.2 Å². The largest absolute Gasteiger partial charge is 0.339 e. The molecule has 0 aliphatic carbocycles. The Balaban J connectivity index is 1.88. The maximum absolute atomic E-state index is 12.9. The summed E-state index contributed by atoms with van der Waals surface area (Å²) in [6.07, 6.45) is 3.62. The quantitative estimate of drug-likeness (QED) is 0.768. The van der Waals surface area contributed by atoms with Crippen molar-refractivity contribution in [3.05, 3.63) is 70.9 Å². The minimum atomic E-state index is -0.481. The molecule has 3 amide bonds. The van der Waals surface area contributed by atoms with Gasteiger partial charge in [-0.25, -0.2) is 0 Å². The lowest BCUT2D eigenvalue weighted by Gasteiger charge is -2.18. The van der Waals surface area contributed by atoms with E-state index in [0.29, 0.717) is 11.3 Å². The third-order valence-electron chi connectivity index (χ3n) is 4.84. The van der Waals surface area contributed by atoms with Gasteiger partial charge in [-0.05, 0) is 49.1 Å². The smallest absolute Gasteiger partial charge is 0.272 e. The molecule has 0 radical (unpaired) electrons. The molecule has 2 N–H and O–H groups in total. The van der Waals surface area contributed by atoms with Crippen LogP contribution < -0.4 is 10.6 Å². The number of hydrogen-bond donors (Lipinski definition) is 2. The van der Waals surface area contributed by atoms with Gasteiger partial charge < -0.3 is 15.5 Å². The van der Waals surface area contributed by atoms with Crippen molar-refractivity contribution in [3.63, 3.8) is 0 Å². The Kier molecular flexibility index (Phi) is 6.44. The molecule has 6 nitrogen and oxygen atoms in total. The molecule has 1 heterocycles. The van der Waals surface area contributed by atoms with Crippen LogP contribution in [0.1, 0.15) is 41.3 Å². The zero-order valence-electron chi connectivity index (χ0n) is 16.7. The molecule has 0 atom stereocenters. The van der Waals surface area contributed by atoms with Gasteiger partial charge in [0.15, 0.2) is 0 Å². The van der Waals surface area contributed by atoms with E-state index in [1.165, 1.54) is 6.92 Å². The highest BCUT2D eigenvalue weighted by Crippen LogP contribution is 2.21. The zero-order chi connectivity index (χ0) is 20.8. The third kappa shape index (κ3) is 5.10. The number of likely N-dealkylation sites (tertiary alicyclic amines) is 1. The molecule has 1 fully saturated rings. The number of carbonyl (C=O) groups excluding carboxylic acids is 3. The minimum Gasteiger partial charge on any atom is -0.339 e. The van der Waals surface area contributed by atoms with Crippen LogP contribution in [0.3, 0.4) is 0 Å². The Bertz CT molecular complexity index is 959. The highest BCUT2D eigenvalue weighted by Gasteiger charge is 2.23. The normalized spacial score (nSPS) is 13.9. The number of benzene rings is 2. The average Bonchev–Trinajstić information content (AvgIpc) is 3.23. The van der Waals surface area contributed by atoms with Crippen molar-refractivity contribution >= 4 is 29.5 Å². The number of nitrogens with one attached hydrogen (secondary N) is 2. The molecule has 3 rings (SSSR count). The molecule has 2 aromatic carbocycles. The van der Waals surface area contributed by atoms with E-state index in [0.717, 1.165) is 37.1 Å². The number of anilines is 1. The van der Waals surface area contributed by atoms with E-state index >= 15 is 0 Å². The van der Waals surface area contributed by atoms with Crippen LogP contribution in [0.2, 0.25) is 0 Å². The molecule has 0 bridgehead atoms. The van der Waals surface area contributed by atoms with Crippen LogP contribution in [-0.4, -0.2) is 35.7 Å². The lowest BCUT2D eigenvalue weighted by molar-refractivity contribution is -0.120. The summed E-state index contributed by atoms with van der Waals surface area (Å²) >= 11 is 0. The summed E-state index contributed by atoms with van der Waals surface area (Å²) in [6, 6.07) is 14.5. The molecule has 6 heteroatoms. The van der Waals surface area contributed by atoms with E-state index in [1.807, 2.05) is 31.2 Å². The predicted octanol–water partition coefficient (Wildman–Crippen LogP) is 3.35. The molecule has 2 aromatic rings. The van der Waals surface area contributed by atoms with Gasteiger partial charge in [0.25, 0.3) is 11.8 Å². The van der Waals surface area contributed by atoms with Crippen LogP contribution in [0, 0.1) is 6.92 Å². The summed E-state index contributed by atoms with van der Waals surface area (Å²) in [6.45, 7) is 4.74. The summed E-state index contributed by atoms with van der Waals surface area (Å²) in [5, 5.41) is 5.38. The third-order valence-corrected chi connectivity index (χ3v) is 4.84. The van der Waals surface area contributed by atoms with Gasteiger partial charge in [-0.3, -0.25) is 14.4 Å². The second-order valence-electron chi connectivity index (χ2n) is 7.09. The topological polar surface area (TPSA) is 78.5 Å². The highest BCUT2D eigenvalue weighted by molar-refractivity contribution is 6.11. The monoisotopic (exact) mass is 391 g/mol. The van der Waals surface area contributed by atoms with E-state index in [2.05, 4.69) is 10.6 Å². The summed E-state index contributed by atoms with van der Waals surface area (Å²) in [5.41, 5.74) is 2.80. The Hall–Kier alpha value is -3.41. The van der Waals surface area contributed by atoms with Gasteiger partial charge in [-0.15, -0.1) is 0 Å². The number of carbonyl (C=O) groups is 3. The van der Waals surface area contributed by atoms with Crippen molar-refractivity contribution in [2.45, 2.75) is 26.7 Å². The van der Waals surface area contributed by atoms with E-state index in [-0.39, 0.29) is 17.5 Å². The van der Waals surface area contributed by atoms with E-state index < -0.39 is 5.91 Å². The maximum atomic E-state index is 12.9. The second kappa shape index (κ2) is 9.19. The molecule has 0 unspecified atom stereocenters. The molecular weight excluding hydrogens is 366 g/mol. The number of nitrogens with zero attached hydrogens (tertiary/aromatic N) is 1. The second-order valence-corrected chi connectivity index (χ2v) is 7.09. The minimum absolute atomic E-state index is 0.0950. The number of amides is 3. The summed E-state index contributed by atoms with van der Waals surface area (Å²) in [4.78, 5) is 39.2. The fourth-order valence-electron chi connectivity index (χ4n) is 3.31. The Morgan fingerprint density at radius 2 is 1.62 bits per heavy atom. The lowest BCUT2D eigenvalue weighted by atomic mass is 10.1. The number of hydrogen-bond acceptors (Lipinski definition) is 3. The van der Waals surface area contributed by atoms with Crippen LogP contribution in [0.4, 0.5) is 5.69 Å². The van der Waals surface area contributed by atoms with Crippen LogP contribution in [0.5, 0.6) is 0 Å². The van der Waals surface area contributed by atoms with Gasteiger partial charge in [0.05, 0.1) is 11.3 Å². The number of aryl methyl sites for hydroxylation is 1. The average molecular weight is 391 g/mol. The first kappa shape index (κ1) is 20.3. The highest BCUT2D eigenvalue weighted by atomic mass is 16.2. The molecule has 0 aromatic heterocycles. The van der Waals surface area contributed by atoms with Crippen molar-refractivity contribution in [1.29, 1.82) is 0 Å². The molecule has 150 valence electrons. The van der Waals surface area contributed by atoms with Gasteiger partial charge in [-0.2, -0.15) is 0 Å². The molecule has 0 saturated carbocycles. The Morgan fingerprint density at radius 1 is 0.966 bits per heavy atom. The van der Waals surface area contributed by atoms with Crippen LogP contribution >= 0.6 is 0 Å². The zero-order valence-corrected chi connectivity index (χ0v) is 16.7. The van der Waals surface area contributed by atoms with Gasteiger partial charge in [0, 0.05) is 20.0 Å². The fraction of sp³-hybridized carbons (Fsp3) is 0.261. The number of para-hydroxylation sites is 1. The Labute approximate surface area is 170 Å². The van der Waals surface area contributed by atoms with Crippen molar-refractivity contribution < 1.29 is 14.4 Å². The standard InChI is InChI=1S/C23H25N3O3/c1-16-9-3-4-10-18(16)15-21(24-17(2)27)22(28)25-20-12-6-5-11-19(20)23(29)26-13-7-8-14-26/h3-6,9-12,15H,7-8,13-14H2,1-2H3,(H,24,27)(H,25,28)/b21-15-. The molecule has 1 aliphatic rings. The molecule has 0 spiro atoms. The van der Waals surface area contributed by atoms with E-state index in [9.17, 15) is 14.4 Å². The molecule has 1 saturated heterocycles. The van der Waals surface area contributed by atoms with Crippen molar-refractivity contribution in [2.75, 3.05) is 18.4 Å². The van der Waals surface area contributed by atoms with Crippen molar-refractivity contribution in [2.24, 2.45) is 0 Å². The van der Waals surface area contributed by atoms with E-state index in [1.54, 1.807) is 35.2 Å². The molecular formula is C23H25N3O3. The first-order valence-corrected chi connectivity index (χ1v) is 9.70. The predicted molar refractivity (Wildman–Crippen MR) is 113 cm³/mol. The number of rotatable bonds is 5. The fourth-order valence-corrected chi connectivity index (χ4v) is 3.31. The lowest BCUT2D eigenvalue weighted by Crippen LogP contribution is -2.31. The van der Waals surface area contributed by atoms with Gasteiger partial charge in [0.1, 0.15) is 5.70 Å². The summed E-state index contributed by atoms with van der Waals surface area (Å²) in [7, 11) is 0. The SMILES string of the molecule is CC(=O)N/C(=C\c1ccccc1C)C(=O)Nc1ccccc1C(=O)N1CCCC1. The maximum Gasteiger partial charge on any atom is 0.272 e. The Morgan fingerprint density at radius 3 is 2.31 bits per heavy atom. The summed E-state index contributed by atoms with van der Waals surface area (Å²) < 4.78 is 0. The van der Waals surface area contributed by atoms with Crippen LogP contribution in [0.15, 0.2) is 54.2 Å². The van der Waals surface area contributed by atoms with E-state index in [4.69, 9.17) is 0 Å². The van der Waals surface area contributed by atoms with Gasteiger partial charge >= 0.3 is 0 Å². The van der Waals surface area contributed by atoms with Crippen LogP contribution in [-0.2, 0) is 9.59 Å². The molecule has 1 aliphatic heterocycles. The first-order valence-electron chi connectivity index (χ1n) is 9.70. The first-order chi connectivity index (χ1) is 14.0. The van der Waals surface area contributed by atoms with Gasteiger partial charge in [0.2, 0.25) is 5.91 Å².